The molecular formula is C41H61N5O5. The van der Waals surface area contributed by atoms with Gasteiger partial charge < -0.3 is 30.0 Å². The Bertz CT molecular complexity index is 1700. The number of para-hydroxylation sites is 1. The average molecular weight is 704 g/mol. The molecule has 280 valence electrons. The number of rotatable bonds is 8. The zero-order valence-electron chi connectivity index (χ0n) is 31.2. The number of hydrogen-bond donors (Lipinski definition) is 4. The fourth-order valence-electron chi connectivity index (χ4n) is 7.57. The Hall–Kier alpha value is -4.34. The lowest BCUT2D eigenvalue weighted by atomic mass is 9.58. The summed E-state index contributed by atoms with van der Waals surface area (Å²) in [7, 11) is 0. The molecule has 6 rings (SSSR count). The van der Waals surface area contributed by atoms with E-state index in [-0.39, 0.29) is 25.3 Å². The maximum absolute atomic E-state index is 12.9. The van der Waals surface area contributed by atoms with Crippen LogP contribution in [0.5, 0.6) is 5.75 Å². The average Bonchev–Trinajstić information content (AvgIpc) is 3.69. The van der Waals surface area contributed by atoms with E-state index in [0.717, 1.165) is 40.3 Å². The molecule has 2 aliphatic rings. The van der Waals surface area contributed by atoms with Crippen LogP contribution in [0.4, 0.5) is 4.79 Å². The fourth-order valence-corrected chi connectivity index (χ4v) is 7.57. The first-order chi connectivity index (χ1) is 23.8. The molecule has 2 aliphatic carbocycles. The summed E-state index contributed by atoms with van der Waals surface area (Å²) in [4.78, 5) is 33.1. The highest BCUT2D eigenvalue weighted by atomic mass is 16.6. The minimum absolute atomic E-state index is 0. The first-order valence-electron chi connectivity index (χ1n) is 18.2. The van der Waals surface area contributed by atoms with Gasteiger partial charge in [0.05, 0.1) is 0 Å². The molecule has 4 N–H and O–H groups in total. The maximum atomic E-state index is 12.9. The SMILES string of the molecule is C.CC.CC1CC2CCCC(Cc3noc(C(Cc4c[nH]c5ccccc45)NC(=O)CNC(=O)OC(C)(C)C)n3)(C1)C2.Cc1ccc(O)cc1C. The third-order valence-corrected chi connectivity index (χ3v) is 9.59. The number of alkyl carbamates (subject to hydrolysis) is 1. The second-order valence-corrected chi connectivity index (χ2v) is 15.0. The molecule has 2 bridgehead atoms. The van der Waals surface area contributed by atoms with Crippen molar-refractivity contribution in [2.24, 2.45) is 17.3 Å². The van der Waals surface area contributed by atoms with Gasteiger partial charge in [-0.15, -0.1) is 0 Å². The molecule has 4 aromatic rings. The Morgan fingerprint density at radius 2 is 1.86 bits per heavy atom. The highest BCUT2D eigenvalue weighted by Crippen LogP contribution is 2.52. The topological polar surface area (TPSA) is 142 Å². The third kappa shape index (κ3) is 11.9. The Balaban J connectivity index is 0.000000506. The van der Waals surface area contributed by atoms with E-state index < -0.39 is 17.7 Å². The van der Waals surface area contributed by atoms with Crippen LogP contribution in [0.1, 0.15) is 122 Å². The molecule has 51 heavy (non-hydrogen) atoms. The number of amides is 2. The second kappa shape index (κ2) is 18.2. The molecule has 0 spiro atoms. The highest BCUT2D eigenvalue weighted by molar-refractivity contribution is 5.84. The quantitative estimate of drug-likeness (QED) is 0.143. The first-order valence-corrected chi connectivity index (χ1v) is 18.2. The number of aromatic amines is 1. The zero-order chi connectivity index (χ0) is 36.5. The van der Waals surface area contributed by atoms with Crippen LogP contribution in [0.3, 0.4) is 0 Å². The summed E-state index contributed by atoms with van der Waals surface area (Å²) in [6, 6.07) is 12.9. The van der Waals surface area contributed by atoms with Crippen LogP contribution in [0.15, 0.2) is 53.2 Å². The van der Waals surface area contributed by atoms with Crippen LogP contribution in [0.2, 0.25) is 0 Å². The van der Waals surface area contributed by atoms with Crippen molar-refractivity contribution in [1.82, 2.24) is 25.8 Å². The number of aromatic nitrogens is 3. The van der Waals surface area contributed by atoms with E-state index in [9.17, 15) is 9.59 Å². The van der Waals surface area contributed by atoms with E-state index in [0.29, 0.717) is 23.9 Å². The monoisotopic (exact) mass is 703 g/mol. The van der Waals surface area contributed by atoms with Gasteiger partial charge in [0.2, 0.25) is 11.8 Å². The predicted molar refractivity (Wildman–Crippen MR) is 204 cm³/mol. The number of nitrogens with one attached hydrogen (secondary N) is 3. The van der Waals surface area contributed by atoms with E-state index in [1.165, 1.54) is 44.1 Å². The number of aryl methyl sites for hydroxylation is 2. The van der Waals surface area contributed by atoms with Crippen molar-refractivity contribution < 1.29 is 24.0 Å². The molecular weight excluding hydrogens is 642 g/mol. The van der Waals surface area contributed by atoms with Crippen LogP contribution >= 0.6 is 0 Å². The fraction of sp³-hybridized carbons (Fsp3) is 0.561. The van der Waals surface area contributed by atoms with Crippen LogP contribution in [0, 0.1) is 31.1 Å². The molecule has 2 amide bonds. The molecule has 10 heteroatoms. The number of H-pyrrole nitrogens is 1. The van der Waals surface area contributed by atoms with E-state index in [2.05, 4.69) is 27.7 Å². The number of carbonyl (C=O) groups excluding carboxylic acids is 2. The lowest BCUT2D eigenvalue weighted by Crippen LogP contribution is -2.41. The van der Waals surface area contributed by atoms with Crippen molar-refractivity contribution in [3.63, 3.8) is 0 Å². The molecule has 0 saturated heterocycles. The molecule has 2 heterocycles. The van der Waals surface area contributed by atoms with Gasteiger partial charge >= 0.3 is 6.09 Å². The number of ether oxygens (including phenoxy) is 1. The minimum Gasteiger partial charge on any atom is -0.508 e. The minimum atomic E-state index is -0.646. The Morgan fingerprint density at radius 1 is 1.12 bits per heavy atom. The Morgan fingerprint density at radius 3 is 2.57 bits per heavy atom. The second-order valence-electron chi connectivity index (χ2n) is 15.0. The summed E-state index contributed by atoms with van der Waals surface area (Å²) in [5.41, 5.74) is 4.00. The summed E-state index contributed by atoms with van der Waals surface area (Å²) in [5, 5.41) is 19.9. The van der Waals surface area contributed by atoms with Gasteiger partial charge in [0.15, 0.2) is 5.82 Å². The predicted octanol–water partition coefficient (Wildman–Crippen LogP) is 9.30. The van der Waals surface area contributed by atoms with Gasteiger partial charge in [-0.1, -0.05) is 70.5 Å². The van der Waals surface area contributed by atoms with E-state index in [1.807, 2.05) is 64.2 Å². The summed E-state index contributed by atoms with van der Waals surface area (Å²) in [5.74, 6) is 2.61. The lowest BCUT2D eigenvalue weighted by Gasteiger charge is -2.47. The van der Waals surface area contributed by atoms with Gasteiger partial charge in [0, 0.05) is 29.9 Å². The molecule has 0 aliphatic heterocycles. The molecule has 4 unspecified atom stereocenters. The number of fused-ring (bicyclic) bond motifs is 3. The maximum Gasteiger partial charge on any atom is 0.408 e. The number of phenols is 1. The van der Waals surface area contributed by atoms with Crippen molar-refractivity contribution in [3.8, 4) is 5.75 Å². The molecule has 4 atom stereocenters. The standard InChI is InChI=1S/C30H41N5O4.C8H10O.C2H6.CH4/c1-19-12-20-8-7-11-30(14-19,15-20)16-25-34-27(39-35-25)24(13-21-17-31-23-10-6-5-9-22(21)23)33-26(36)18-32-28(37)38-29(2,3)4;1-6-3-4-8(9)5-7(6)2;1-2;/h5-6,9-10,17,19-20,24,31H,7-8,11-16,18H2,1-4H3,(H,32,37)(H,33,36);3-5,9H,1-2H3;1-2H3;1H4. The number of benzene rings is 2. The lowest BCUT2D eigenvalue weighted by molar-refractivity contribution is -0.121. The third-order valence-electron chi connectivity index (χ3n) is 9.59. The van der Waals surface area contributed by atoms with Gasteiger partial charge in [-0.05, 0) is 112 Å². The van der Waals surface area contributed by atoms with Crippen molar-refractivity contribution in [1.29, 1.82) is 0 Å². The highest BCUT2D eigenvalue weighted by Gasteiger charge is 2.42. The molecule has 0 radical (unpaired) electrons. The van der Waals surface area contributed by atoms with Gasteiger partial charge in [0.25, 0.3) is 0 Å². The number of carbonyl (C=O) groups is 2. The largest absolute Gasteiger partial charge is 0.508 e. The van der Waals surface area contributed by atoms with Crippen LogP contribution in [-0.4, -0.2) is 44.4 Å². The summed E-state index contributed by atoms with van der Waals surface area (Å²) >= 11 is 0. The van der Waals surface area contributed by atoms with Crippen molar-refractivity contribution >= 4 is 22.9 Å². The normalized spacial score (nSPS) is 20.0. The Kier molecular flexibility index (Phi) is 14.7. The molecule has 10 nitrogen and oxygen atoms in total. The van der Waals surface area contributed by atoms with Gasteiger partial charge in [-0.2, -0.15) is 4.98 Å². The van der Waals surface area contributed by atoms with Crippen LogP contribution in [0.25, 0.3) is 10.9 Å². The smallest absolute Gasteiger partial charge is 0.408 e. The number of aromatic hydroxyl groups is 1. The summed E-state index contributed by atoms with van der Waals surface area (Å²) < 4.78 is 11.0. The molecule has 2 saturated carbocycles. The number of nitrogens with zero attached hydrogens (tertiary/aromatic N) is 2. The van der Waals surface area contributed by atoms with Crippen LogP contribution < -0.4 is 10.6 Å². The van der Waals surface area contributed by atoms with Crippen molar-refractivity contribution in [2.45, 2.75) is 126 Å². The van der Waals surface area contributed by atoms with Crippen LogP contribution in [-0.2, 0) is 22.4 Å². The molecule has 2 aromatic carbocycles. The van der Waals surface area contributed by atoms with Crippen molar-refractivity contribution in [3.05, 3.63) is 77.1 Å². The number of phenolic OH excluding ortho intramolecular Hbond substituents is 1. The van der Waals surface area contributed by atoms with E-state index in [4.69, 9.17) is 19.4 Å². The molecule has 2 fully saturated rings. The molecule has 2 aromatic heterocycles. The first kappa shape index (κ1) is 41.1. The van der Waals surface area contributed by atoms with E-state index >= 15 is 0 Å². The number of hydrogen-bond acceptors (Lipinski definition) is 7. The van der Waals surface area contributed by atoms with Gasteiger partial charge in [-0.3, -0.25) is 4.79 Å². The Labute approximate surface area is 304 Å². The van der Waals surface area contributed by atoms with E-state index in [1.54, 1.807) is 32.9 Å². The summed E-state index contributed by atoms with van der Waals surface area (Å²) in [6.07, 6.45) is 10.2. The van der Waals surface area contributed by atoms with Crippen molar-refractivity contribution in [2.75, 3.05) is 6.54 Å². The van der Waals surface area contributed by atoms with Gasteiger partial charge in [-0.25, -0.2) is 4.79 Å². The zero-order valence-corrected chi connectivity index (χ0v) is 31.2. The summed E-state index contributed by atoms with van der Waals surface area (Å²) in [6.45, 7) is 15.5. The van der Waals surface area contributed by atoms with Gasteiger partial charge in [0.1, 0.15) is 23.9 Å².